The molecule has 0 aliphatic heterocycles. The molecule has 0 aromatic carbocycles. The predicted octanol–water partition coefficient (Wildman–Crippen LogP) is 2.71. The molecule has 1 aromatic rings. The Morgan fingerprint density at radius 3 is 2.00 bits per heavy atom. The van der Waals surface area contributed by atoms with Crippen molar-refractivity contribution in [3.8, 4) is 0 Å². The van der Waals surface area contributed by atoms with E-state index in [1.165, 1.54) is 9.75 Å². The van der Waals surface area contributed by atoms with Gasteiger partial charge in [0.1, 0.15) is 0 Å². The second-order valence-electron chi connectivity index (χ2n) is 1.94. The minimum atomic E-state index is 0.887. The van der Waals surface area contributed by atoms with Gasteiger partial charge in [0.2, 0.25) is 0 Å². The van der Waals surface area contributed by atoms with Gasteiger partial charge in [-0.3, -0.25) is 0 Å². The molecule has 0 unspecified atom stereocenters. The highest BCUT2D eigenvalue weighted by Gasteiger charge is 2.04. The van der Waals surface area contributed by atoms with Crippen molar-refractivity contribution in [2.75, 3.05) is 5.73 Å². The van der Waals surface area contributed by atoms with Gasteiger partial charge in [0.05, 0.1) is 10.2 Å². The van der Waals surface area contributed by atoms with Gasteiger partial charge in [0.15, 0.2) is 0 Å². The molecular weight excluding hydrogens is 198 g/mol. The molecule has 0 spiro atoms. The SMILES string of the molecule is Cc1sc(C)c(Br)c1N. The molecule has 0 aliphatic carbocycles. The number of halogens is 1. The predicted molar refractivity (Wildman–Crippen MR) is 45.9 cm³/mol. The third-order valence-corrected chi connectivity index (χ3v) is 3.55. The highest BCUT2D eigenvalue weighted by atomic mass is 79.9. The molecule has 1 rings (SSSR count). The first kappa shape index (κ1) is 7.09. The number of hydrogen-bond donors (Lipinski definition) is 1. The van der Waals surface area contributed by atoms with Gasteiger partial charge in [0.25, 0.3) is 0 Å². The fourth-order valence-electron chi connectivity index (χ4n) is 0.674. The van der Waals surface area contributed by atoms with Crippen LogP contribution in [0.2, 0.25) is 0 Å². The minimum absolute atomic E-state index is 0.887. The molecule has 0 saturated heterocycles. The van der Waals surface area contributed by atoms with Gasteiger partial charge in [0, 0.05) is 9.75 Å². The first-order valence-electron chi connectivity index (χ1n) is 2.64. The van der Waals surface area contributed by atoms with Crippen molar-refractivity contribution in [1.82, 2.24) is 0 Å². The summed E-state index contributed by atoms with van der Waals surface area (Å²) in [5, 5.41) is 0. The lowest BCUT2D eigenvalue weighted by Crippen LogP contribution is -1.83. The number of hydrogen-bond acceptors (Lipinski definition) is 2. The summed E-state index contributed by atoms with van der Waals surface area (Å²) >= 11 is 5.11. The second kappa shape index (κ2) is 2.31. The van der Waals surface area contributed by atoms with E-state index in [1.54, 1.807) is 11.3 Å². The van der Waals surface area contributed by atoms with Crippen molar-refractivity contribution < 1.29 is 0 Å². The standard InChI is InChI=1S/C6H8BrNS/c1-3-5(7)6(8)4(2)9-3/h8H2,1-2H3. The first-order valence-corrected chi connectivity index (χ1v) is 4.25. The molecule has 0 atom stereocenters. The third kappa shape index (κ3) is 1.12. The van der Waals surface area contributed by atoms with E-state index in [2.05, 4.69) is 22.9 Å². The lowest BCUT2D eigenvalue weighted by atomic mass is 10.4. The monoisotopic (exact) mass is 205 g/mol. The Hall–Kier alpha value is -0.0200. The van der Waals surface area contributed by atoms with E-state index in [1.807, 2.05) is 6.92 Å². The average molecular weight is 206 g/mol. The number of rotatable bonds is 0. The number of anilines is 1. The topological polar surface area (TPSA) is 26.0 Å². The smallest absolute Gasteiger partial charge is 0.0599 e. The zero-order valence-electron chi connectivity index (χ0n) is 5.36. The molecule has 1 heterocycles. The van der Waals surface area contributed by atoms with E-state index in [-0.39, 0.29) is 0 Å². The van der Waals surface area contributed by atoms with Crippen LogP contribution in [0.3, 0.4) is 0 Å². The van der Waals surface area contributed by atoms with Crippen LogP contribution in [0.1, 0.15) is 9.75 Å². The van der Waals surface area contributed by atoms with Crippen molar-refractivity contribution >= 4 is 33.0 Å². The molecular formula is C6H8BrNS. The van der Waals surface area contributed by atoms with Crippen molar-refractivity contribution in [2.45, 2.75) is 13.8 Å². The molecule has 0 aliphatic rings. The maximum absolute atomic E-state index is 5.67. The van der Waals surface area contributed by atoms with Gasteiger partial charge in [-0.2, -0.15) is 0 Å². The van der Waals surface area contributed by atoms with Gasteiger partial charge in [-0.15, -0.1) is 11.3 Å². The summed E-state index contributed by atoms with van der Waals surface area (Å²) < 4.78 is 1.06. The molecule has 0 amide bonds. The van der Waals surface area contributed by atoms with Crippen LogP contribution >= 0.6 is 27.3 Å². The maximum atomic E-state index is 5.67. The van der Waals surface area contributed by atoms with Crippen molar-refractivity contribution in [1.29, 1.82) is 0 Å². The summed E-state index contributed by atoms with van der Waals surface area (Å²) in [4.78, 5) is 2.45. The molecule has 0 bridgehead atoms. The van der Waals surface area contributed by atoms with E-state index in [0.717, 1.165) is 10.2 Å². The average Bonchev–Trinajstić information content (AvgIpc) is 1.98. The fraction of sp³-hybridized carbons (Fsp3) is 0.333. The number of nitrogens with two attached hydrogens (primary N) is 1. The molecule has 1 aromatic heterocycles. The van der Waals surface area contributed by atoms with E-state index in [4.69, 9.17) is 5.73 Å². The van der Waals surface area contributed by atoms with Crippen LogP contribution in [0.15, 0.2) is 4.47 Å². The molecule has 1 nitrogen and oxygen atoms in total. The van der Waals surface area contributed by atoms with Gasteiger partial charge >= 0.3 is 0 Å². The number of aryl methyl sites for hydroxylation is 2. The van der Waals surface area contributed by atoms with Gasteiger partial charge in [-0.05, 0) is 29.8 Å². The van der Waals surface area contributed by atoms with E-state index >= 15 is 0 Å². The van der Waals surface area contributed by atoms with E-state index in [0.29, 0.717) is 0 Å². The normalized spacial score (nSPS) is 10.1. The van der Waals surface area contributed by atoms with Crippen LogP contribution in [0.5, 0.6) is 0 Å². The van der Waals surface area contributed by atoms with Crippen LogP contribution in [0.25, 0.3) is 0 Å². The van der Waals surface area contributed by atoms with Gasteiger partial charge in [-0.1, -0.05) is 0 Å². The van der Waals surface area contributed by atoms with Crippen LogP contribution in [-0.4, -0.2) is 0 Å². The van der Waals surface area contributed by atoms with Gasteiger partial charge < -0.3 is 5.73 Å². The molecule has 2 N–H and O–H groups in total. The Bertz CT molecular complexity index is 207. The number of nitrogen functional groups attached to an aromatic ring is 1. The summed E-state index contributed by atoms with van der Waals surface area (Å²) in [5.41, 5.74) is 6.55. The summed E-state index contributed by atoms with van der Waals surface area (Å²) in [6.07, 6.45) is 0. The molecule has 3 heteroatoms. The lowest BCUT2D eigenvalue weighted by molar-refractivity contribution is 1.56. The van der Waals surface area contributed by atoms with Crippen LogP contribution in [0, 0.1) is 13.8 Å². The molecule has 50 valence electrons. The fourth-order valence-corrected chi connectivity index (χ4v) is 2.22. The zero-order chi connectivity index (χ0) is 7.02. The lowest BCUT2D eigenvalue weighted by Gasteiger charge is -1.87. The summed E-state index contributed by atoms with van der Waals surface area (Å²) in [6, 6.07) is 0. The Morgan fingerprint density at radius 2 is 1.89 bits per heavy atom. The largest absolute Gasteiger partial charge is 0.397 e. The van der Waals surface area contributed by atoms with Crippen LogP contribution < -0.4 is 5.73 Å². The first-order chi connectivity index (χ1) is 4.13. The summed E-state index contributed by atoms with van der Waals surface area (Å²) in [5.74, 6) is 0. The Morgan fingerprint density at radius 1 is 1.33 bits per heavy atom. The van der Waals surface area contributed by atoms with E-state index in [9.17, 15) is 0 Å². The molecule has 9 heavy (non-hydrogen) atoms. The Balaban J connectivity index is 3.29. The molecule has 0 radical (unpaired) electrons. The van der Waals surface area contributed by atoms with Gasteiger partial charge in [-0.25, -0.2) is 0 Å². The highest BCUT2D eigenvalue weighted by molar-refractivity contribution is 9.10. The summed E-state index contributed by atoms with van der Waals surface area (Å²) in [6.45, 7) is 4.08. The summed E-state index contributed by atoms with van der Waals surface area (Å²) in [7, 11) is 0. The quantitative estimate of drug-likeness (QED) is 0.693. The van der Waals surface area contributed by atoms with Crippen LogP contribution in [0.4, 0.5) is 5.69 Å². The number of thiophene rings is 1. The molecule has 0 fully saturated rings. The molecule has 0 saturated carbocycles. The second-order valence-corrected chi connectivity index (χ2v) is 4.16. The maximum Gasteiger partial charge on any atom is 0.0599 e. The highest BCUT2D eigenvalue weighted by Crippen LogP contribution is 2.33. The minimum Gasteiger partial charge on any atom is -0.397 e. The van der Waals surface area contributed by atoms with E-state index < -0.39 is 0 Å². The van der Waals surface area contributed by atoms with Crippen molar-refractivity contribution in [3.05, 3.63) is 14.2 Å². The Kier molecular flexibility index (Phi) is 1.82. The van der Waals surface area contributed by atoms with Crippen LogP contribution in [-0.2, 0) is 0 Å². The zero-order valence-corrected chi connectivity index (χ0v) is 7.77. The van der Waals surface area contributed by atoms with Crippen molar-refractivity contribution in [3.63, 3.8) is 0 Å². The Labute approximate surface area is 67.0 Å². The third-order valence-electron chi connectivity index (χ3n) is 1.23. The van der Waals surface area contributed by atoms with Crippen molar-refractivity contribution in [2.24, 2.45) is 0 Å².